The quantitative estimate of drug-likeness (QED) is 0.285. The summed E-state index contributed by atoms with van der Waals surface area (Å²) in [4.78, 5) is 30.7. The van der Waals surface area contributed by atoms with Crippen LogP contribution in [0.3, 0.4) is 0 Å². The SMILES string of the molecule is O=C(C(c1ccccc1)c1ccccc1)C1(C(=O)C(c2ccccc2)c2ccccc2)CCC(O)C2CNCC21. The molecular weight excluding hydrogens is 494 g/mol. The number of hydrogen-bond donors (Lipinski definition) is 2. The van der Waals surface area contributed by atoms with E-state index in [1.807, 2.05) is 121 Å². The molecule has 1 heterocycles. The Labute approximate surface area is 236 Å². The summed E-state index contributed by atoms with van der Waals surface area (Å²) >= 11 is 0. The Morgan fingerprint density at radius 3 is 1.38 bits per heavy atom. The molecule has 202 valence electrons. The van der Waals surface area contributed by atoms with Gasteiger partial charge in [0.05, 0.1) is 23.4 Å². The summed E-state index contributed by atoms with van der Waals surface area (Å²) in [5.41, 5.74) is 2.28. The molecule has 4 aromatic rings. The van der Waals surface area contributed by atoms with E-state index >= 15 is 9.59 Å². The minimum absolute atomic E-state index is 0.0580. The fourth-order valence-corrected chi connectivity index (χ4v) is 7.24. The molecule has 1 aliphatic heterocycles. The van der Waals surface area contributed by atoms with Gasteiger partial charge in [0.1, 0.15) is 0 Å². The molecule has 3 atom stereocenters. The summed E-state index contributed by atoms with van der Waals surface area (Å²) in [6.45, 7) is 1.14. The summed E-state index contributed by atoms with van der Waals surface area (Å²) in [5, 5.41) is 14.5. The highest BCUT2D eigenvalue weighted by Gasteiger charge is 2.61. The molecule has 2 fully saturated rings. The fraction of sp³-hybridized carbons (Fsp3) is 0.278. The molecule has 0 spiro atoms. The minimum Gasteiger partial charge on any atom is -0.393 e. The molecule has 2 aliphatic rings. The van der Waals surface area contributed by atoms with Crippen LogP contribution in [0.25, 0.3) is 0 Å². The van der Waals surface area contributed by atoms with Crippen molar-refractivity contribution in [1.29, 1.82) is 0 Å². The molecule has 2 N–H and O–H groups in total. The molecule has 1 aliphatic carbocycles. The largest absolute Gasteiger partial charge is 0.393 e. The van der Waals surface area contributed by atoms with Crippen molar-refractivity contribution in [2.24, 2.45) is 17.3 Å². The van der Waals surface area contributed by atoms with E-state index < -0.39 is 23.4 Å². The maximum atomic E-state index is 15.3. The zero-order chi connectivity index (χ0) is 27.5. The van der Waals surface area contributed by atoms with Crippen LogP contribution in [0.2, 0.25) is 0 Å². The first-order chi connectivity index (χ1) is 19.6. The van der Waals surface area contributed by atoms with E-state index in [-0.39, 0.29) is 23.4 Å². The van der Waals surface area contributed by atoms with Gasteiger partial charge in [0, 0.05) is 12.5 Å². The van der Waals surface area contributed by atoms with E-state index in [2.05, 4.69) is 5.32 Å². The van der Waals surface area contributed by atoms with Crippen LogP contribution in [0.4, 0.5) is 0 Å². The first kappa shape index (κ1) is 26.4. The smallest absolute Gasteiger partial charge is 0.158 e. The van der Waals surface area contributed by atoms with Gasteiger partial charge < -0.3 is 10.4 Å². The third kappa shape index (κ3) is 4.61. The van der Waals surface area contributed by atoms with E-state index in [0.29, 0.717) is 25.9 Å². The fourth-order valence-electron chi connectivity index (χ4n) is 7.24. The third-order valence-corrected chi connectivity index (χ3v) is 9.16. The molecule has 1 saturated carbocycles. The van der Waals surface area contributed by atoms with Gasteiger partial charge in [0.2, 0.25) is 0 Å². The highest BCUT2D eigenvalue weighted by Crippen LogP contribution is 2.53. The molecule has 4 nitrogen and oxygen atoms in total. The standard InChI is InChI=1S/C36H35NO3/c38-31-21-22-36(30-24-37-23-29(30)31,34(39)32(25-13-5-1-6-14-25)26-15-7-2-8-16-26)35(40)33(27-17-9-3-10-18-27)28-19-11-4-12-20-28/h1-20,29-33,37-38H,21-24H2. The van der Waals surface area contributed by atoms with Crippen LogP contribution in [0.15, 0.2) is 121 Å². The van der Waals surface area contributed by atoms with Crippen molar-refractivity contribution in [3.63, 3.8) is 0 Å². The number of aliphatic hydroxyl groups excluding tert-OH is 1. The number of nitrogens with one attached hydrogen (secondary N) is 1. The molecule has 4 heteroatoms. The normalized spacial score (nSPS) is 21.7. The van der Waals surface area contributed by atoms with Gasteiger partial charge >= 0.3 is 0 Å². The van der Waals surface area contributed by atoms with Gasteiger partial charge in [-0.15, -0.1) is 0 Å². The number of carbonyl (C=O) groups excluding carboxylic acids is 2. The first-order valence-corrected chi connectivity index (χ1v) is 14.3. The Kier molecular flexibility index (Phi) is 7.46. The van der Waals surface area contributed by atoms with Gasteiger partial charge in [-0.1, -0.05) is 121 Å². The van der Waals surface area contributed by atoms with Crippen molar-refractivity contribution in [2.75, 3.05) is 13.1 Å². The number of rotatable bonds is 8. The third-order valence-electron chi connectivity index (χ3n) is 9.16. The molecule has 1 saturated heterocycles. The molecule has 40 heavy (non-hydrogen) atoms. The molecule has 0 aromatic heterocycles. The van der Waals surface area contributed by atoms with E-state index in [9.17, 15) is 5.11 Å². The van der Waals surface area contributed by atoms with Crippen molar-refractivity contribution in [1.82, 2.24) is 5.32 Å². The van der Waals surface area contributed by atoms with E-state index in [4.69, 9.17) is 0 Å². The van der Waals surface area contributed by atoms with Crippen molar-refractivity contribution < 1.29 is 14.7 Å². The van der Waals surface area contributed by atoms with Crippen LogP contribution in [0.1, 0.15) is 46.9 Å². The lowest BCUT2D eigenvalue weighted by Gasteiger charge is -2.47. The Morgan fingerprint density at radius 1 is 0.625 bits per heavy atom. The van der Waals surface area contributed by atoms with E-state index in [1.165, 1.54) is 0 Å². The first-order valence-electron chi connectivity index (χ1n) is 14.3. The number of benzene rings is 4. The predicted molar refractivity (Wildman–Crippen MR) is 157 cm³/mol. The van der Waals surface area contributed by atoms with Crippen LogP contribution in [0.5, 0.6) is 0 Å². The molecule has 4 aromatic carbocycles. The molecule has 6 rings (SSSR count). The van der Waals surface area contributed by atoms with Crippen LogP contribution in [0, 0.1) is 17.3 Å². The molecular formula is C36H35NO3. The highest BCUT2D eigenvalue weighted by molar-refractivity contribution is 6.14. The zero-order valence-corrected chi connectivity index (χ0v) is 22.5. The summed E-state index contributed by atoms with van der Waals surface area (Å²) < 4.78 is 0. The number of ketones is 2. The lowest BCUT2D eigenvalue weighted by atomic mass is 9.53. The predicted octanol–water partition coefficient (Wildman–Crippen LogP) is 5.77. The number of carbonyl (C=O) groups is 2. The van der Waals surface area contributed by atoms with Crippen molar-refractivity contribution in [3.8, 4) is 0 Å². The summed E-state index contributed by atoms with van der Waals surface area (Å²) in [6, 6.07) is 39.3. The highest BCUT2D eigenvalue weighted by atomic mass is 16.3. The van der Waals surface area contributed by atoms with Gasteiger partial charge in [-0.25, -0.2) is 0 Å². The van der Waals surface area contributed by atoms with E-state index in [1.54, 1.807) is 0 Å². The lowest BCUT2D eigenvalue weighted by Crippen LogP contribution is -2.56. The van der Waals surface area contributed by atoms with E-state index in [0.717, 1.165) is 22.3 Å². The number of Topliss-reactive ketones (excluding diaryl/α,β-unsaturated/α-hetero) is 2. The summed E-state index contributed by atoms with van der Waals surface area (Å²) in [5.74, 6) is -1.73. The average Bonchev–Trinajstić information content (AvgIpc) is 3.52. The van der Waals surface area contributed by atoms with Crippen LogP contribution >= 0.6 is 0 Å². The van der Waals surface area contributed by atoms with Gasteiger partial charge in [0.15, 0.2) is 11.6 Å². The zero-order valence-electron chi connectivity index (χ0n) is 22.5. The Balaban J connectivity index is 1.56. The van der Waals surface area contributed by atoms with Crippen molar-refractivity contribution in [3.05, 3.63) is 144 Å². The van der Waals surface area contributed by atoms with Crippen LogP contribution in [-0.4, -0.2) is 35.9 Å². The number of aliphatic hydroxyl groups is 1. The maximum absolute atomic E-state index is 15.3. The van der Waals surface area contributed by atoms with Gasteiger partial charge in [-0.05, 0) is 47.6 Å². The molecule has 0 amide bonds. The van der Waals surface area contributed by atoms with Crippen LogP contribution in [-0.2, 0) is 9.59 Å². The Bertz CT molecular complexity index is 1260. The van der Waals surface area contributed by atoms with Gasteiger partial charge in [-0.2, -0.15) is 0 Å². The minimum atomic E-state index is -1.26. The second-order valence-corrected chi connectivity index (χ2v) is 11.2. The summed E-state index contributed by atoms with van der Waals surface area (Å²) in [7, 11) is 0. The number of hydrogen-bond acceptors (Lipinski definition) is 4. The van der Waals surface area contributed by atoms with Gasteiger partial charge in [-0.3, -0.25) is 9.59 Å². The summed E-state index contributed by atoms with van der Waals surface area (Å²) in [6.07, 6.45) is 0.223. The van der Waals surface area contributed by atoms with Crippen LogP contribution < -0.4 is 5.32 Å². The Hall–Kier alpha value is -3.86. The van der Waals surface area contributed by atoms with Gasteiger partial charge in [0.25, 0.3) is 0 Å². The Morgan fingerprint density at radius 2 is 1.00 bits per heavy atom. The lowest BCUT2D eigenvalue weighted by molar-refractivity contribution is -0.152. The second kappa shape index (κ2) is 11.3. The number of fused-ring (bicyclic) bond motifs is 1. The topological polar surface area (TPSA) is 66.4 Å². The average molecular weight is 530 g/mol. The molecule has 0 radical (unpaired) electrons. The molecule has 0 bridgehead atoms. The van der Waals surface area contributed by atoms with Crippen molar-refractivity contribution in [2.45, 2.75) is 30.8 Å². The monoisotopic (exact) mass is 529 g/mol. The van der Waals surface area contributed by atoms with Crippen molar-refractivity contribution >= 4 is 11.6 Å². The molecule has 3 unspecified atom stereocenters. The maximum Gasteiger partial charge on any atom is 0.158 e. The second-order valence-electron chi connectivity index (χ2n) is 11.2.